The minimum absolute atomic E-state index is 0.0415. The van der Waals surface area contributed by atoms with E-state index in [-0.39, 0.29) is 5.56 Å². The van der Waals surface area contributed by atoms with Gasteiger partial charge in [-0.05, 0) is 57.6 Å². The van der Waals surface area contributed by atoms with Crippen LogP contribution >= 0.6 is 0 Å². The summed E-state index contributed by atoms with van der Waals surface area (Å²) in [6.07, 6.45) is 6.61. The molecule has 0 spiro atoms. The third-order valence-corrected chi connectivity index (χ3v) is 5.20. The van der Waals surface area contributed by atoms with Crippen LogP contribution in [0.1, 0.15) is 48.4 Å². The van der Waals surface area contributed by atoms with Gasteiger partial charge in [0.25, 0.3) is 5.56 Å². The summed E-state index contributed by atoms with van der Waals surface area (Å²) >= 11 is 0. The Hall–Kier alpha value is -1.95. The summed E-state index contributed by atoms with van der Waals surface area (Å²) in [7, 11) is 0. The molecule has 3 heterocycles. The van der Waals surface area contributed by atoms with Crippen molar-refractivity contribution in [3.05, 3.63) is 45.2 Å². The van der Waals surface area contributed by atoms with Gasteiger partial charge in [-0.15, -0.1) is 0 Å². The first kappa shape index (κ1) is 15.6. The van der Waals surface area contributed by atoms with Crippen LogP contribution in [0.3, 0.4) is 0 Å². The van der Waals surface area contributed by atoms with Crippen LogP contribution in [0.5, 0.6) is 0 Å². The van der Waals surface area contributed by atoms with Crippen molar-refractivity contribution in [1.82, 2.24) is 19.8 Å². The molecule has 6 heteroatoms. The summed E-state index contributed by atoms with van der Waals surface area (Å²) in [6.45, 7) is 4.40. The molecule has 128 valence electrons. The fraction of sp³-hybridized carbons (Fsp3) is 0.611. The van der Waals surface area contributed by atoms with Gasteiger partial charge in [0.15, 0.2) is 0 Å². The van der Waals surface area contributed by atoms with E-state index in [2.05, 4.69) is 15.2 Å². The van der Waals surface area contributed by atoms with Gasteiger partial charge in [-0.3, -0.25) is 9.69 Å². The quantitative estimate of drug-likeness (QED) is 0.860. The van der Waals surface area contributed by atoms with Gasteiger partial charge in [0, 0.05) is 24.7 Å². The van der Waals surface area contributed by atoms with Crippen LogP contribution in [0.2, 0.25) is 0 Å². The van der Waals surface area contributed by atoms with E-state index in [0.717, 1.165) is 61.5 Å². The SMILES string of the molecule is Cc1cc(CN2CCCC2Cn2nc3c(cc2=O)CCCC3)no1. The predicted octanol–water partition coefficient (Wildman–Crippen LogP) is 2.08. The van der Waals surface area contributed by atoms with Gasteiger partial charge >= 0.3 is 0 Å². The molecule has 6 nitrogen and oxygen atoms in total. The lowest BCUT2D eigenvalue weighted by molar-refractivity contribution is 0.210. The Morgan fingerprint density at radius 1 is 1.25 bits per heavy atom. The Morgan fingerprint density at radius 2 is 2.12 bits per heavy atom. The van der Waals surface area contributed by atoms with Crippen molar-refractivity contribution in [3.8, 4) is 0 Å². The van der Waals surface area contributed by atoms with E-state index in [1.807, 2.05) is 19.1 Å². The van der Waals surface area contributed by atoms with Crippen LogP contribution in [0.25, 0.3) is 0 Å². The molecule has 2 aromatic rings. The smallest absolute Gasteiger partial charge is 0.267 e. The van der Waals surface area contributed by atoms with Crippen LogP contribution in [0, 0.1) is 6.92 Å². The Bertz CT molecular complexity index is 780. The maximum atomic E-state index is 12.4. The van der Waals surface area contributed by atoms with Gasteiger partial charge in [-0.25, -0.2) is 4.68 Å². The molecule has 4 rings (SSSR count). The summed E-state index contributed by atoms with van der Waals surface area (Å²) in [4.78, 5) is 14.8. The molecule has 1 aliphatic heterocycles. The fourth-order valence-electron chi connectivity index (χ4n) is 3.94. The van der Waals surface area contributed by atoms with Crippen LogP contribution < -0.4 is 5.56 Å². The van der Waals surface area contributed by atoms with Crippen LogP contribution in [-0.4, -0.2) is 32.4 Å². The van der Waals surface area contributed by atoms with Crippen molar-refractivity contribution >= 4 is 0 Å². The number of fused-ring (bicyclic) bond motifs is 1. The van der Waals surface area contributed by atoms with Crippen molar-refractivity contribution < 1.29 is 4.52 Å². The van der Waals surface area contributed by atoms with E-state index in [1.54, 1.807) is 4.68 Å². The molecule has 0 N–H and O–H groups in total. The molecule has 1 atom stereocenters. The highest BCUT2D eigenvalue weighted by atomic mass is 16.5. The van der Waals surface area contributed by atoms with E-state index in [9.17, 15) is 4.79 Å². The van der Waals surface area contributed by atoms with Gasteiger partial charge in [-0.1, -0.05) is 5.16 Å². The van der Waals surface area contributed by atoms with Crippen molar-refractivity contribution in [1.29, 1.82) is 0 Å². The van der Waals surface area contributed by atoms with Crippen LogP contribution in [-0.2, 0) is 25.9 Å². The highest BCUT2D eigenvalue weighted by Crippen LogP contribution is 2.22. The summed E-state index contributed by atoms with van der Waals surface area (Å²) in [5, 5.41) is 8.76. The fourth-order valence-corrected chi connectivity index (χ4v) is 3.94. The maximum Gasteiger partial charge on any atom is 0.267 e. The largest absolute Gasteiger partial charge is 0.361 e. The lowest BCUT2D eigenvalue weighted by atomic mass is 9.97. The predicted molar refractivity (Wildman–Crippen MR) is 89.8 cm³/mol. The number of nitrogens with zero attached hydrogens (tertiary/aromatic N) is 4. The van der Waals surface area contributed by atoms with Crippen molar-refractivity contribution in [2.45, 2.75) is 64.6 Å². The van der Waals surface area contributed by atoms with E-state index >= 15 is 0 Å². The lowest BCUT2D eigenvalue weighted by Gasteiger charge is -2.24. The third kappa shape index (κ3) is 3.15. The molecule has 0 radical (unpaired) electrons. The number of aryl methyl sites for hydroxylation is 3. The first-order valence-corrected chi connectivity index (χ1v) is 8.95. The zero-order chi connectivity index (χ0) is 16.5. The number of hydrogen-bond acceptors (Lipinski definition) is 5. The topological polar surface area (TPSA) is 64.2 Å². The maximum absolute atomic E-state index is 12.4. The average molecular weight is 328 g/mol. The summed E-state index contributed by atoms with van der Waals surface area (Å²) in [5.41, 5.74) is 3.28. The molecule has 24 heavy (non-hydrogen) atoms. The van der Waals surface area contributed by atoms with E-state index in [1.165, 1.54) is 12.8 Å². The van der Waals surface area contributed by atoms with E-state index in [4.69, 9.17) is 4.52 Å². The Morgan fingerprint density at radius 3 is 2.96 bits per heavy atom. The number of rotatable bonds is 4. The molecular weight excluding hydrogens is 304 g/mol. The monoisotopic (exact) mass is 328 g/mol. The molecule has 0 amide bonds. The number of likely N-dealkylation sites (tertiary alicyclic amines) is 1. The highest BCUT2D eigenvalue weighted by molar-refractivity contribution is 5.20. The van der Waals surface area contributed by atoms with E-state index < -0.39 is 0 Å². The van der Waals surface area contributed by atoms with E-state index in [0.29, 0.717) is 12.6 Å². The van der Waals surface area contributed by atoms with Crippen LogP contribution in [0.15, 0.2) is 21.5 Å². The van der Waals surface area contributed by atoms with Gasteiger partial charge in [0.2, 0.25) is 0 Å². The Kier molecular flexibility index (Phi) is 4.22. The number of hydrogen-bond donors (Lipinski definition) is 0. The molecule has 1 fully saturated rings. The summed E-state index contributed by atoms with van der Waals surface area (Å²) < 4.78 is 6.85. The minimum atomic E-state index is 0.0415. The Balaban J connectivity index is 1.50. The average Bonchev–Trinajstić information content (AvgIpc) is 3.18. The van der Waals surface area contributed by atoms with Gasteiger partial charge in [0.1, 0.15) is 5.76 Å². The van der Waals surface area contributed by atoms with Gasteiger partial charge < -0.3 is 4.52 Å². The molecule has 2 aliphatic rings. The van der Waals surface area contributed by atoms with Crippen LogP contribution in [0.4, 0.5) is 0 Å². The summed E-state index contributed by atoms with van der Waals surface area (Å²) in [5.74, 6) is 0.841. The molecule has 0 bridgehead atoms. The molecule has 2 aromatic heterocycles. The highest BCUT2D eigenvalue weighted by Gasteiger charge is 2.27. The molecule has 1 unspecified atom stereocenters. The zero-order valence-corrected chi connectivity index (χ0v) is 14.2. The van der Waals surface area contributed by atoms with Gasteiger partial charge in [0.05, 0.1) is 17.9 Å². The number of aromatic nitrogens is 3. The first-order chi connectivity index (χ1) is 11.7. The molecule has 0 aromatic carbocycles. The minimum Gasteiger partial charge on any atom is -0.361 e. The summed E-state index contributed by atoms with van der Waals surface area (Å²) in [6, 6.07) is 4.13. The second kappa shape index (κ2) is 6.51. The van der Waals surface area contributed by atoms with Crippen molar-refractivity contribution in [2.24, 2.45) is 0 Å². The molecule has 0 saturated carbocycles. The van der Waals surface area contributed by atoms with Gasteiger partial charge in [-0.2, -0.15) is 5.10 Å². The molecular formula is C18H24N4O2. The van der Waals surface area contributed by atoms with Crippen molar-refractivity contribution in [2.75, 3.05) is 6.54 Å². The lowest BCUT2D eigenvalue weighted by Crippen LogP contribution is -2.37. The molecule has 1 saturated heterocycles. The Labute approximate surface area is 141 Å². The van der Waals surface area contributed by atoms with Crippen molar-refractivity contribution in [3.63, 3.8) is 0 Å². The standard InChI is InChI=1S/C18H24N4O2/c1-13-9-15(20-24-13)11-21-8-4-6-16(21)12-22-18(23)10-14-5-2-3-7-17(14)19-22/h9-10,16H,2-8,11-12H2,1H3. The third-order valence-electron chi connectivity index (χ3n) is 5.20. The second-order valence-corrected chi connectivity index (χ2v) is 7.04. The molecule has 1 aliphatic carbocycles. The zero-order valence-electron chi connectivity index (χ0n) is 14.2. The second-order valence-electron chi connectivity index (χ2n) is 7.04. The normalized spacial score (nSPS) is 21.1. The first-order valence-electron chi connectivity index (χ1n) is 8.95.